The Morgan fingerprint density at radius 3 is 2.87 bits per heavy atom. The number of nitrogens with one attached hydrogen (secondary N) is 1. The molecule has 2 aromatic rings. The molecular weight excluding hydrogens is 380 g/mol. The van der Waals surface area contributed by atoms with Crippen LogP contribution in [0.4, 0.5) is 5.82 Å². The Morgan fingerprint density at radius 1 is 1.27 bits per heavy atom. The summed E-state index contributed by atoms with van der Waals surface area (Å²) < 4.78 is 8.00. The largest absolute Gasteiger partial charge is 0.495 e. The van der Waals surface area contributed by atoms with E-state index in [1.807, 2.05) is 32.1 Å². The van der Waals surface area contributed by atoms with Crippen molar-refractivity contribution in [3.05, 3.63) is 53.3 Å². The number of aromatic nitrogens is 5. The zero-order valence-corrected chi connectivity index (χ0v) is 17.7. The molecule has 2 aromatic heterocycles. The average Bonchev–Trinajstić information content (AvgIpc) is 3.16. The number of nitrogens with zero attached hydrogens (tertiary/aromatic N) is 6. The van der Waals surface area contributed by atoms with Crippen molar-refractivity contribution in [2.24, 2.45) is 11.7 Å². The van der Waals surface area contributed by atoms with E-state index in [1.54, 1.807) is 0 Å². The maximum Gasteiger partial charge on any atom is 0.152 e. The highest BCUT2D eigenvalue weighted by atomic mass is 16.5. The van der Waals surface area contributed by atoms with E-state index in [-0.39, 0.29) is 12.0 Å². The predicted molar refractivity (Wildman–Crippen MR) is 114 cm³/mol. The van der Waals surface area contributed by atoms with Crippen molar-refractivity contribution < 1.29 is 4.74 Å². The fraction of sp³-hybridized carbons (Fsp3) is 0.476. The van der Waals surface area contributed by atoms with Gasteiger partial charge in [0, 0.05) is 43.6 Å². The molecule has 0 fully saturated rings. The second-order valence-electron chi connectivity index (χ2n) is 7.86. The molecule has 4 rings (SSSR count). The molecule has 0 bridgehead atoms. The Bertz CT molecular complexity index is 1010. The van der Waals surface area contributed by atoms with E-state index >= 15 is 0 Å². The summed E-state index contributed by atoms with van der Waals surface area (Å²) in [5, 5.41) is 17.3. The third-order valence-corrected chi connectivity index (χ3v) is 5.40. The summed E-state index contributed by atoms with van der Waals surface area (Å²) in [6.07, 6.45) is 6.74. The Morgan fingerprint density at radius 2 is 2.10 bits per heavy atom. The predicted octanol–water partition coefficient (Wildman–Crippen LogP) is 2.19. The van der Waals surface area contributed by atoms with Crippen LogP contribution in [0.3, 0.4) is 0 Å². The van der Waals surface area contributed by atoms with E-state index in [4.69, 9.17) is 15.9 Å². The normalized spacial score (nSPS) is 18.7. The van der Waals surface area contributed by atoms with Crippen molar-refractivity contribution in [3.8, 4) is 0 Å². The fourth-order valence-corrected chi connectivity index (χ4v) is 3.87. The van der Waals surface area contributed by atoms with Crippen LogP contribution in [0, 0.1) is 11.3 Å². The van der Waals surface area contributed by atoms with Crippen molar-refractivity contribution >= 4 is 11.5 Å². The third kappa shape index (κ3) is 3.92. The Hall–Kier alpha value is -3.23. The Kier molecular flexibility index (Phi) is 5.52. The van der Waals surface area contributed by atoms with Gasteiger partial charge in [-0.15, -0.1) is 10.2 Å². The molecule has 0 spiro atoms. The lowest BCUT2D eigenvalue weighted by molar-refractivity contribution is 0.136. The number of nitrogens with two attached hydrogens (primary N) is 1. The van der Waals surface area contributed by atoms with Crippen molar-refractivity contribution in [3.63, 3.8) is 0 Å². The Labute approximate surface area is 176 Å². The number of hydrogen-bond acceptors (Lipinski definition) is 8. The molecule has 158 valence electrons. The smallest absolute Gasteiger partial charge is 0.152 e. The van der Waals surface area contributed by atoms with Gasteiger partial charge in [0.15, 0.2) is 5.82 Å². The summed E-state index contributed by atoms with van der Waals surface area (Å²) in [6.45, 7) is 8.33. The zero-order valence-electron chi connectivity index (χ0n) is 17.7. The minimum atomic E-state index is -0.261. The minimum Gasteiger partial charge on any atom is -0.495 e. The second kappa shape index (κ2) is 8.25. The van der Waals surface area contributed by atoms with Crippen LogP contribution in [0.5, 0.6) is 0 Å². The number of fused-ring (bicyclic) bond motifs is 1. The quantitative estimate of drug-likeness (QED) is 0.703. The van der Waals surface area contributed by atoms with Gasteiger partial charge in [-0.2, -0.15) is 0 Å². The molecule has 2 aliphatic rings. The lowest BCUT2D eigenvalue weighted by atomic mass is 9.89. The number of anilines is 1. The summed E-state index contributed by atoms with van der Waals surface area (Å²) in [6, 6.07) is 1.86. The minimum absolute atomic E-state index is 0.0823. The Balaban J connectivity index is 1.52. The number of ether oxygens (including phenoxy) is 1. The van der Waals surface area contributed by atoms with E-state index in [1.165, 1.54) is 6.33 Å². The van der Waals surface area contributed by atoms with Crippen LogP contribution in [0.2, 0.25) is 0 Å². The highest BCUT2D eigenvalue weighted by molar-refractivity contribution is 6.00. The molecule has 1 atom stereocenters. The van der Waals surface area contributed by atoms with Crippen LogP contribution in [0.25, 0.3) is 0 Å². The van der Waals surface area contributed by atoms with E-state index in [0.29, 0.717) is 30.1 Å². The third-order valence-electron chi connectivity index (χ3n) is 5.40. The molecule has 9 nitrogen and oxygen atoms in total. The summed E-state index contributed by atoms with van der Waals surface area (Å²) in [4.78, 5) is 10.9. The molecule has 1 aliphatic heterocycles. The molecule has 9 heteroatoms. The molecule has 0 aromatic carbocycles. The number of hydrogen-bond donors (Lipinski definition) is 2. The first-order valence-electron chi connectivity index (χ1n) is 10.4. The highest BCUT2D eigenvalue weighted by Crippen LogP contribution is 2.28. The monoisotopic (exact) mass is 408 g/mol. The van der Waals surface area contributed by atoms with Gasteiger partial charge < -0.3 is 25.3 Å². The molecule has 3 heterocycles. The first-order chi connectivity index (χ1) is 14.5. The maximum absolute atomic E-state index is 8.74. The van der Waals surface area contributed by atoms with Crippen LogP contribution in [0.1, 0.15) is 44.5 Å². The summed E-state index contributed by atoms with van der Waals surface area (Å²) in [7, 11) is 0. The topological polar surface area (TPSA) is 119 Å². The number of rotatable bonds is 6. The van der Waals surface area contributed by atoms with E-state index in [2.05, 4.69) is 36.6 Å². The molecule has 0 saturated carbocycles. The first kappa shape index (κ1) is 20.1. The van der Waals surface area contributed by atoms with Gasteiger partial charge in [-0.3, -0.25) is 0 Å². The van der Waals surface area contributed by atoms with E-state index < -0.39 is 0 Å². The van der Waals surface area contributed by atoms with Gasteiger partial charge >= 0.3 is 0 Å². The van der Waals surface area contributed by atoms with Crippen molar-refractivity contribution in [1.82, 2.24) is 24.7 Å². The number of aryl methyl sites for hydroxylation is 1. The zero-order chi connectivity index (χ0) is 21.3. The summed E-state index contributed by atoms with van der Waals surface area (Å²) >= 11 is 0. The highest BCUT2D eigenvalue weighted by Gasteiger charge is 2.27. The molecule has 1 unspecified atom stereocenters. The molecule has 0 amide bonds. The van der Waals surface area contributed by atoms with Crippen LogP contribution < -0.4 is 10.6 Å². The fourth-order valence-electron chi connectivity index (χ4n) is 3.87. The van der Waals surface area contributed by atoms with E-state index in [9.17, 15) is 0 Å². The lowest BCUT2D eigenvalue weighted by Gasteiger charge is -2.29. The van der Waals surface area contributed by atoms with E-state index in [0.717, 1.165) is 42.7 Å². The van der Waals surface area contributed by atoms with Gasteiger partial charge in [0.25, 0.3) is 0 Å². The van der Waals surface area contributed by atoms with Crippen molar-refractivity contribution in [2.75, 3.05) is 11.4 Å². The summed E-state index contributed by atoms with van der Waals surface area (Å²) in [5.41, 5.74) is 7.81. The molecule has 30 heavy (non-hydrogen) atoms. The standard InChI is InChI=1S/C21H28N8O/c1-4-18-26-27-20-11-28(7-8-29(18)20)19-10-17(24-12-25-19)21(23)15-9-14(30-13(2)3)5-6-16(15)22/h5-6,10,12-13,15,23H,4,7-9,11,22H2,1-3H3. The molecule has 3 N–H and O–H groups in total. The SMILES string of the molecule is CCc1nnc2n1CCN(c1cc(C(=N)C3CC(OC(C)C)=CC=C3N)ncn1)C2. The molecule has 1 aliphatic carbocycles. The van der Waals surface area contributed by atoms with Gasteiger partial charge in [0.05, 0.1) is 29.8 Å². The van der Waals surface area contributed by atoms with Gasteiger partial charge in [-0.25, -0.2) is 9.97 Å². The van der Waals surface area contributed by atoms with Gasteiger partial charge in [0.1, 0.15) is 18.0 Å². The van der Waals surface area contributed by atoms with Gasteiger partial charge in [0.2, 0.25) is 0 Å². The molecule has 0 saturated heterocycles. The lowest BCUT2D eigenvalue weighted by Crippen LogP contribution is -2.35. The first-order valence-corrected chi connectivity index (χ1v) is 10.4. The number of allylic oxidation sites excluding steroid dienone is 4. The van der Waals surface area contributed by atoms with Crippen LogP contribution >= 0.6 is 0 Å². The molecular formula is C21H28N8O. The van der Waals surface area contributed by atoms with Crippen LogP contribution in [-0.2, 0) is 24.2 Å². The average molecular weight is 409 g/mol. The van der Waals surface area contributed by atoms with Crippen molar-refractivity contribution in [2.45, 2.75) is 52.8 Å². The van der Waals surface area contributed by atoms with Gasteiger partial charge in [-0.1, -0.05) is 6.92 Å². The van der Waals surface area contributed by atoms with Gasteiger partial charge in [-0.05, 0) is 26.0 Å². The second-order valence-corrected chi connectivity index (χ2v) is 7.86. The maximum atomic E-state index is 8.74. The van der Waals surface area contributed by atoms with Crippen molar-refractivity contribution in [1.29, 1.82) is 5.41 Å². The van der Waals surface area contributed by atoms with Crippen LogP contribution in [-0.4, -0.2) is 43.1 Å². The summed E-state index contributed by atoms with van der Waals surface area (Å²) in [5.74, 6) is 3.31. The van der Waals surface area contributed by atoms with Crippen LogP contribution in [0.15, 0.2) is 36.0 Å². The molecule has 0 radical (unpaired) electrons.